The Kier molecular flexibility index (Phi) is 3.18. The number of halogens is 5. The minimum absolute atomic E-state index is 0.0152. The molecule has 0 atom stereocenters. The summed E-state index contributed by atoms with van der Waals surface area (Å²) < 4.78 is 50.2. The van der Waals surface area contributed by atoms with Crippen LogP contribution in [0.1, 0.15) is 22.8 Å². The number of carbonyl (C=O) groups excluding carboxylic acids is 1. The molecule has 0 aromatic heterocycles. The van der Waals surface area contributed by atoms with Crippen LogP contribution < -0.4 is 0 Å². The molecule has 82 valence electrons. The molecule has 1 aromatic rings. The molecule has 0 amide bonds. The summed E-state index contributed by atoms with van der Waals surface area (Å²) in [4.78, 5) is 10.9. The van der Waals surface area contributed by atoms with E-state index in [9.17, 15) is 22.4 Å². The normalized spacial score (nSPS) is 11.6. The van der Waals surface area contributed by atoms with Crippen molar-refractivity contribution in [3.63, 3.8) is 0 Å². The lowest BCUT2D eigenvalue weighted by Gasteiger charge is -2.10. The molecular weight excluding hydrogens is 280 g/mol. The Hall–Kier alpha value is -0.910. The molecule has 0 N–H and O–H groups in total. The number of ketones is 1. The van der Waals surface area contributed by atoms with E-state index in [1.54, 1.807) is 0 Å². The topological polar surface area (TPSA) is 17.1 Å². The van der Waals surface area contributed by atoms with Crippen LogP contribution in [0, 0.1) is 5.82 Å². The summed E-state index contributed by atoms with van der Waals surface area (Å²) in [6, 6.07) is 1.62. The fraction of sp³-hybridized carbons (Fsp3) is 0.222. The van der Waals surface area contributed by atoms with Gasteiger partial charge in [0, 0.05) is 4.47 Å². The third-order valence-electron chi connectivity index (χ3n) is 1.72. The van der Waals surface area contributed by atoms with E-state index in [-0.39, 0.29) is 4.47 Å². The first-order chi connectivity index (χ1) is 6.73. The zero-order valence-corrected chi connectivity index (χ0v) is 9.04. The molecule has 0 aliphatic rings. The molecule has 1 nitrogen and oxygen atoms in total. The molecule has 0 radical (unpaired) electrons. The number of benzene rings is 1. The van der Waals surface area contributed by atoms with E-state index in [1.165, 1.54) is 0 Å². The second kappa shape index (κ2) is 3.92. The first-order valence-electron chi connectivity index (χ1n) is 3.80. The van der Waals surface area contributed by atoms with E-state index in [1.807, 2.05) is 0 Å². The summed E-state index contributed by atoms with van der Waals surface area (Å²) in [6.07, 6.45) is -4.81. The fourth-order valence-corrected chi connectivity index (χ4v) is 1.51. The highest BCUT2D eigenvalue weighted by Crippen LogP contribution is 2.34. The Bertz CT molecular complexity index is 411. The maximum Gasteiger partial charge on any atom is 0.419 e. The van der Waals surface area contributed by atoms with Gasteiger partial charge in [-0.2, -0.15) is 13.2 Å². The summed E-state index contributed by atoms with van der Waals surface area (Å²) in [5.41, 5.74) is -2.02. The molecule has 6 heteroatoms. The van der Waals surface area contributed by atoms with Gasteiger partial charge in [-0.15, -0.1) is 0 Å². The van der Waals surface area contributed by atoms with Crippen molar-refractivity contribution in [3.8, 4) is 0 Å². The van der Waals surface area contributed by atoms with E-state index in [0.717, 1.165) is 13.0 Å². The number of hydrogen-bond donors (Lipinski definition) is 0. The van der Waals surface area contributed by atoms with Crippen molar-refractivity contribution in [3.05, 3.63) is 33.5 Å². The molecule has 0 aliphatic heterocycles. The van der Waals surface area contributed by atoms with E-state index in [0.29, 0.717) is 6.07 Å². The largest absolute Gasteiger partial charge is 0.419 e. The number of rotatable bonds is 1. The molecule has 0 heterocycles. The molecule has 0 unspecified atom stereocenters. The molecule has 0 fully saturated rings. The lowest BCUT2D eigenvalue weighted by Crippen LogP contribution is -2.11. The first kappa shape index (κ1) is 12.2. The Morgan fingerprint density at radius 2 is 1.87 bits per heavy atom. The summed E-state index contributed by atoms with van der Waals surface area (Å²) in [7, 11) is 0. The molecule has 0 bridgehead atoms. The zero-order chi connectivity index (χ0) is 11.8. The van der Waals surface area contributed by atoms with Crippen LogP contribution in [0.4, 0.5) is 17.6 Å². The number of hydrogen-bond acceptors (Lipinski definition) is 1. The van der Waals surface area contributed by atoms with Crippen molar-refractivity contribution in [2.75, 3.05) is 0 Å². The van der Waals surface area contributed by atoms with Crippen molar-refractivity contribution in [1.29, 1.82) is 0 Å². The predicted octanol–water partition coefficient (Wildman–Crippen LogP) is 3.81. The van der Waals surface area contributed by atoms with Crippen molar-refractivity contribution in [2.45, 2.75) is 13.1 Å². The van der Waals surface area contributed by atoms with Crippen LogP contribution in [-0.2, 0) is 6.18 Å². The van der Waals surface area contributed by atoms with E-state index in [2.05, 4.69) is 15.9 Å². The molecule has 0 spiro atoms. The van der Waals surface area contributed by atoms with Crippen LogP contribution >= 0.6 is 15.9 Å². The number of carbonyl (C=O) groups is 1. The van der Waals surface area contributed by atoms with Gasteiger partial charge >= 0.3 is 6.18 Å². The lowest BCUT2D eigenvalue weighted by molar-refractivity contribution is -0.140. The molecule has 0 aliphatic carbocycles. The fourth-order valence-electron chi connectivity index (χ4n) is 1.05. The van der Waals surface area contributed by atoms with Gasteiger partial charge in [-0.3, -0.25) is 4.79 Å². The monoisotopic (exact) mass is 284 g/mol. The Labute approximate surface area is 91.2 Å². The Morgan fingerprint density at radius 3 is 2.27 bits per heavy atom. The van der Waals surface area contributed by atoms with Crippen LogP contribution in [0.25, 0.3) is 0 Å². The van der Waals surface area contributed by atoms with Crippen LogP contribution in [0.15, 0.2) is 16.6 Å². The number of alkyl halides is 3. The minimum Gasteiger partial charge on any atom is -0.294 e. The van der Waals surface area contributed by atoms with Gasteiger partial charge < -0.3 is 0 Å². The van der Waals surface area contributed by atoms with Crippen molar-refractivity contribution < 1.29 is 22.4 Å². The van der Waals surface area contributed by atoms with Gasteiger partial charge in [-0.25, -0.2) is 4.39 Å². The van der Waals surface area contributed by atoms with Crippen LogP contribution in [0.5, 0.6) is 0 Å². The van der Waals surface area contributed by atoms with Gasteiger partial charge in [0.1, 0.15) is 5.82 Å². The van der Waals surface area contributed by atoms with Crippen LogP contribution in [-0.4, -0.2) is 5.78 Å². The Morgan fingerprint density at radius 1 is 1.33 bits per heavy atom. The quantitative estimate of drug-likeness (QED) is 0.566. The standard InChI is InChI=1S/C9H5BrF4O/c1-4(15)6-2-5(10)3-7(8(6)11)9(12,13)14/h2-3H,1H3. The molecule has 1 rings (SSSR count). The predicted molar refractivity (Wildman–Crippen MR) is 49.1 cm³/mol. The van der Waals surface area contributed by atoms with E-state index < -0.39 is 28.9 Å². The van der Waals surface area contributed by atoms with Gasteiger partial charge in [0.25, 0.3) is 0 Å². The molecule has 0 saturated heterocycles. The average Bonchev–Trinajstić information content (AvgIpc) is 2.06. The first-order valence-corrected chi connectivity index (χ1v) is 4.60. The lowest BCUT2D eigenvalue weighted by atomic mass is 10.1. The highest BCUT2D eigenvalue weighted by molar-refractivity contribution is 9.10. The van der Waals surface area contributed by atoms with Crippen molar-refractivity contribution in [1.82, 2.24) is 0 Å². The van der Waals surface area contributed by atoms with E-state index >= 15 is 0 Å². The Balaban J connectivity index is 3.49. The SMILES string of the molecule is CC(=O)c1cc(Br)cc(C(F)(F)F)c1F. The van der Waals surface area contributed by atoms with Crippen LogP contribution in [0.2, 0.25) is 0 Å². The summed E-state index contributed by atoms with van der Waals surface area (Å²) in [5, 5.41) is 0. The number of Topliss-reactive ketones (excluding diaryl/α,β-unsaturated/α-hetero) is 1. The average molecular weight is 285 g/mol. The third kappa shape index (κ3) is 2.56. The van der Waals surface area contributed by atoms with Crippen LogP contribution in [0.3, 0.4) is 0 Å². The maximum absolute atomic E-state index is 13.2. The summed E-state index contributed by atoms with van der Waals surface area (Å²) in [6.45, 7) is 1.00. The second-order valence-electron chi connectivity index (χ2n) is 2.87. The van der Waals surface area contributed by atoms with E-state index in [4.69, 9.17) is 0 Å². The summed E-state index contributed by atoms with van der Waals surface area (Å²) in [5.74, 6) is -2.28. The molecule has 0 saturated carbocycles. The minimum atomic E-state index is -4.81. The molecule has 1 aromatic carbocycles. The highest BCUT2D eigenvalue weighted by atomic mass is 79.9. The van der Waals surface area contributed by atoms with Gasteiger partial charge in [-0.1, -0.05) is 15.9 Å². The molecule has 15 heavy (non-hydrogen) atoms. The van der Waals surface area contributed by atoms with Crippen molar-refractivity contribution in [2.24, 2.45) is 0 Å². The smallest absolute Gasteiger partial charge is 0.294 e. The van der Waals surface area contributed by atoms with Gasteiger partial charge in [0.2, 0.25) is 0 Å². The van der Waals surface area contributed by atoms with Gasteiger partial charge in [0.15, 0.2) is 5.78 Å². The zero-order valence-electron chi connectivity index (χ0n) is 7.45. The van der Waals surface area contributed by atoms with Gasteiger partial charge in [0.05, 0.1) is 11.1 Å². The highest BCUT2D eigenvalue weighted by Gasteiger charge is 2.35. The summed E-state index contributed by atoms with van der Waals surface area (Å²) >= 11 is 2.79. The third-order valence-corrected chi connectivity index (χ3v) is 2.18. The molecular formula is C9H5BrF4O. The maximum atomic E-state index is 13.2. The van der Waals surface area contributed by atoms with Crippen molar-refractivity contribution >= 4 is 21.7 Å². The van der Waals surface area contributed by atoms with Gasteiger partial charge in [-0.05, 0) is 19.1 Å². The second-order valence-corrected chi connectivity index (χ2v) is 3.78.